The van der Waals surface area contributed by atoms with Crippen LogP contribution in [0.5, 0.6) is 0 Å². The first kappa shape index (κ1) is 19.3. The first-order valence-corrected chi connectivity index (χ1v) is 7.43. The van der Waals surface area contributed by atoms with Gasteiger partial charge in [-0.15, -0.1) is 0 Å². The van der Waals surface area contributed by atoms with Crippen LogP contribution >= 0.6 is 0 Å². The smallest absolute Gasteiger partial charge is 0.328 e. The third-order valence-electron chi connectivity index (χ3n) is 3.36. The average molecular weight is 338 g/mol. The molecule has 9 nitrogen and oxygen atoms in total. The lowest BCUT2D eigenvalue weighted by atomic mass is 10.3. The fourth-order valence-corrected chi connectivity index (χ4v) is 2.21. The Morgan fingerprint density at radius 3 is 2.50 bits per heavy atom. The molecule has 9 heteroatoms. The maximum atomic E-state index is 12.0. The van der Waals surface area contributed by atoms with Crippen LogP contribution in [0, 0.1) is 24.0 Å². The summed E-state index contributed by atoms with van der Waals surface area (Å²) in [6.45, 7) is 10.6. The second-order valence-corrected chi connectivity index (χ2v) is 5.46. The van der Waals surface area contributed by atoms with Crippen LogP contribution in [0.3, 0.4) is 0 Å². The fourth-order valence-electron chi connectivity index (χ4n) is 2.21. The number of aromatic nitrogens is 2. The summed E-state index contributed by atoms with van der Waals surface area (Å²) in [5.74, 6) is -1.01. The number of esters is 1. The van der Waals surface area contributed by atoms with E-state index in [-0.39, 0.29) is 36.1 Å². The van der Waals surface area contributed by atoms with Crippen molar-refractivity contribution in [1.29, 1.82) is 0 Å². The minimum atomic E-state index is -0.685. The zero-order chi connectivity index (χ0) is 18.4. The molecule has 0 spiro atoms. The number of ether oxygens (including phenoxy) is 1. The van der Waals surface area contributed by atoms with Gasteiger partial charge < -0.3 is 9.64 Å². The maximum Gasteiger partial charge on any atom is 0.328 e. The molecule has 132 valence electrons. The van der Waals surface area contributed by atoms with Crippen LogP contribution in [0.25, 0.3) is 0 Å². The summed E-state index contributed by atoms with van der Waals surface area (Å²) in [6, 6.07) is 0. The number of nitro groups is 1. The number of aryl methyl sites for hydroxylation is 1. The van der Waals surface area contributed by atoms with Crippen molar-refractivity contribution >= 4 is 17.6 Å². The Labute approximate surface area is 140 Å². The van der Waals surface area contributed by atoms with Crippen molar-refractivity contribution in [2.45, 2.75) is 34.2 Å². The number of amides is 1. The highest BCUT2D eigenvalue weighted by molar-refractivity contribution is 5.80. The Bertz CT molecular complexity index is 665. The Morgan fingerprint density at radius 2 is 2.04 bits per heavy atom. The van der Waals surface area contributed by atoms with Gasteiger partial charge in [-0.3, -0.25) is 24.4 Å². The largest absolute Gasteiger partial charge is 0.454 e. The van der Waals surface area contributed by atoms with Gasteiger partial charge in [0.25, 0.3) is 5.91 Å². The molecule has 1 aromatic heterocycles. The van der Waals surface area contributed by atoms with E-state index in [4.69, 9.17) is 4.74 Å². The SMILES string of the molecule is C=C(C)CN(CC)C(=O)COC(=O)Cn1nc(C)c([N+](=O)[O-])c1C. The van der Waals surface area contributed by atoms with Crippen LogP contribution in [0.1, 0.15) is 25.2 Å². The van der Waals surface area contributed by atoms with Crippen molar-refractivity contribution in [2.75, 3.05) is 19.7 Å². The molecule has 0 unspecified atom stereocenters. The zero-order valence-corrected chi connectivity index (χ0v) is 14.4. The highest BCUT2D eigenvalue weighted by Gasteiger charge is 2.23. The summed E-state index contributed by atoms with van der Waals surface area (Å²) >= 11 is 0. The first-order chi connectivity index (χ1) is 11.2. The lowest BCUT2D eigenvalue weighted by molar-refractivity contribution is -0.386. The minimum Gasteiger partial charge on any atom is -0.454 e. The van der Waals surface area contributed by atoms with E-state index >= 15 is 0 Å². The molecule has 0 atom stereocenters. The molecule has 0 saturated carbocycles. The van der Waals surface area contributed by atoms with Crippen molar-refractivity contribution in [3.63, 3.8) is 0 Å². The quantitative estimate of drug-likeness (QED) is 0.307. The second-order valence-electron chi connectivity index (χ2n) is 5.46. The summed E-state index contributed by atoms with van der Waals surface area (Å²) in [5, 5.41) is 14.9. The van der Waals surface area contributed by atoms with Gasteiger partial charge in [0.1, 0.15) is 17.9 Å². The molecule has 0 aromatic carbocycles. The van der Waals surface area contributed by atoms with Crippen molar-refractivity contribution in [2.24, 2.45) is 0 Å². The third-order valence-corrected chi connectivity index (χ3v) is 3.36. The molecule has 1 heterocycles. The van der Waals surface area contributed by atoms with Crippen LogP contribution in [-0.2, 0) is 20.9 Å². The molecular formula is C15H22N4O5. The average Bonchev–Trinajstić information content (AvgIpc) is 2.76. The van der Waals surface area contributed by atoms with Gasteiger partial charge in [-0.2, -0.15) is 5.10 Å². The van der Waals surface area contributed by atoms with E-state index in [0.29, 0.717) is 13.1 Å². The van der Waals surface area contributed by atoms with Crippen LogP contribution in [0.2, 0.25) is 0 Å². The van der Waals surface area contributed by atoms with Gasteiger partial charge in [-0.25, -0.2) is 0 Å². The molecule has 0 radical (unpaired) electrons. The lowest BCUT2D eigenvalue weighted by Gasteiger charge is -2.20. The maximum absolute atomic E-state index is 12.0. The van der Waals surface area contributed by atoms with Gasteiger partial charge in [0.15, 0.2) is 6.61 Å². The topological polar surface area (TPSA) is 108 Å². The predicted octanol–water partition coefficient (Wildman–Crippen LogP) is 1.38. The summed E-state index contributed by atoms with van der Waals surface area (Å²) in [5.41, 5.74) is 1.18. The normalized spacial score (nSPS) is 10.3. The van der Waals surface area contributed by atoms with E-state index in [0.717, 1.165) is 5.57 Å². The van der Waals surface area contributed by atoms with Gasteiger partial charge in [0, 0.05) is 13.1 Å². The van der Waals surface area contributed by atoms with E-state index < -0.39 is 10.9 Å². The molecule has 1 amide bonds. The van der Waals surface area contributed by atoms with Gasteiger partial charge in [-0.1, -0.05) is 12.2 Å². The van der Waals surface area contributed by atoms with E-state index in [1.807, 2.05) is 6.92 Å². The van der Waals surface area contributed by atoms with E-state index in [9.17, 15) is 19.7 Å². The van der Waals surface area contributed by atoms with Gasteiger partial charge in [-0.05, 0) is 27.7 Å². The molecule has 0 bridgehead atoms. The summed E-state index contributed by atoms with van der Waals surface area (Å²) < 4.78 is 6.15. The monoisotopic (exact) mass is 338 g/mol. The van der Waals surface area contributed by atoms with Crippen molar-refractivity contribution < 1.29 is 19.2 Å². The number of hydrogen-bond donors (Lipinski definition) is 0. The van der Waals surface area contributed by atoms with Gasteiger partial charge >= 0.3 is 11.7 Å². The molecule has 0 aliphatic rings. The highest BCUT2D eigenvalue weighted by atomic mass is 16.6. The second kappa shape index (κ2) is 8.23. The third kappa shape index (κ3) is 4.90. The molecular weight excluding hydrogens is 316 g/mol. The number of nitrogens with zero attached hydrogens (tertiary/aromatic N) is 4. The van der Waals surface area contributed by atoms with Crippen LogP contribution in [0.15, 0.2) is 12.2 Å². The van der Waals surface area contributed by atoms with E-state index in [1.54, 1.807) is 6.92 Å². The fraction of sp³-hybridized carbons (Fsp3) is 0.533. The minimum absolute atomic E-state index is 0.127. The molecule has 0 aliphatic carbocycles. The number of carbonyl (C=O) groups excluding carboxylic acids is 2. The van der Waals surface area contributed by atoms with Crippen LogP contribution in [0.4, 0.5) is 5.69 Å². The van der Waals surface area contributed by atoms with Crippen LogP contribution < -0.4 is 0 Å². The summed E-state index contributed by atoms with van der Waals surface area (Å²) in [7, 11) is 0. The summed E-state index contributed by atoms with van der Waals surface area (Å²) in [4.78, 5) is 35.7. The Balaban J connectivity index is 2.64. The predicted molar refractivity (Wildman–Crippen MR) is 86.4 cm³/mol. The number of likely N-dealkylation sites (N-methyl/N-ethyl adjacent to an activating group) is 1. The van der Waals surface area contributed by atoms with Crippen molar-refractivity contribution in [3.05, 3.63) is 33.7 Å². The molecule has 0 N–H and O–H groups in total. The Hall–Kier alpha value is -2.71. The molecule has 1 rings (SSSR count). The Kier molecular flexibility index (Phi) is 6.63. The number of hydrogen-bond acceptors (Lipinski definition) is 6. The molecule has 0 saturated heterocycles. The van der Waals surface area contributed by atoms with Crippen molar-refractivity contribution in [1.82, 2.24) is 14.7 Å². The lowest BCUT2D eigenvalue weighted by Crippen LogP contribution is -2.36. The standard InChI is InChI=1S/C15H22N4O5/c1-6-17(7-10(2)3)13(20)9-24-14(21)8-18-12(5)15(19(22)23)11(4)16-18/h2,6-9H2,1,3-5H3. The first-order valence-electron chi connectivity index (χ1n) is 7.43. The number of carbonyl (C=O) groups is 2. The zero-order valence-electron chi connectivity index (χ0n) is 14.4. The summed E-state index contributed by atoms with van der Waals surface area (Å²) in [6.07, 6.45) is 0. The van der Waals surface area contributed by atoms with Gasteiger partial charge in [0.05, 0.1) is 4.92 Å². The molecule has 0 aliphatic heterocycles. The highest BCUT2D eigenvalue weighted by Crippen LogP contribution is 2.21. The van der Waals surface area contributed by atoms with Crippen LogP contribution in [-0.4, -0.2) is 51.2 Å². The van der Waals surface area contributed by atoms with E-state index in [1.165, 1.54) is 23.4 Å². The number of rotatable bonds is 8. The van der Waals surface area contributed by atoms with Gasteiger partial charge in [0.2, 0.25) is 0 Å². The molecule has 24 heavy (non-hydrogen) atoms. The van der Waals surface area contributed by atoms with E-state index in [2.05, 4.69) is 11.7 Å². The molecule has 0 fully saturated rings. The van der Waals surface area contributed by atoms with Crippen molar-refractivity contribution in [3.8, 4) is 0 Å². The molecule has 1 aromatic rings. The Morgan fingerprint density at radius 1 is 1.42 bits per heavy atom.